The van der Waals surface area contributed by atoms with Crippen LogP contribution in [0, 0.1) is 12.3 Å². The molecule has 4 aromatic rings. The van der Waals surface area contributed by atoms with Crippen molar-refractivity contribution in [2.75, 3.05) is 20.2 Å². The van der Waals surface area contributed by atoms with Crippen molar-refractivity contribution in [3.8, 4) is 5.75 Å². The molecule has 6 rings (SSSR count). The molecule has 198 valence electrons. The largest absolute Gasteiger partial charge is 0.497 e. The van der Waals surface area contributed by atoms with Crippen LogP contribution in [0.4, 0.5) is 0 Å². The Hall–Kier alpha value is -3.52. The Bertz CT molecular complexity index is 1460. The number of benzene rings is 2. The third kappa shape index (κ3) is 4.73. The lowest BCUT2D eigenvalue weighted by Crippen LogP contribution is -2.47. The molecule has 2 aromatic heterocycles. The summed E-state index contributed by atoms with van der Waals surface area (Å²) in [6.45, 7) is 4.44. The van der Waals surface area contributed by atoms with E-state index < -0.39 is 0 Å². The van der Waals surface area contributed by atoms with Crippen LogP contribution in [-0.2, 0) is 6.54 Å². The molecule has 0 unspecified atom stereocenters. The number of H-pyrrole nitrogens is 1. The van der Waals surface area contributed by atoms with E-state index in [1.807, 2.05) is 48.0 Å². The van der Waals surface area contributed by atoms with Gasteiger partial charge in [0.2, 0.25) is 0 Å². The minimum absolute atomic E-state index is 0.0703. The first kappa shape index (κ1) is 24.8. The van der Waals surface area contributed by atoms with E-state index in [0.29, 0.717) is 23.3 Å². The first-order valence-corrected chi connectivity index (χ1v) is 13.8. The van der Waals surface area contributed by atoms with Crippen LogP contribution in [0.1, 0.15) is 73.5 Å². The van der Waals surface area contributed by atoms with Gasteiger partial charge >= 0.3 is 0 Å². The number of likely N-dealkylation sites (tertiary alicyclic amines) is 1. The third-order valence-electron chi connectivity index (χ3n) is 8.68. The minimum atomic E-state index is -0.323. The average molecular weight is 513 g/mol. The molecule has 38 heavy (non-hydrogen) atoms. The van der Waals surface area contributed by atoms with Crippen LogP contribution in [0.5, 0.6) is 5.75 Å². The van der Waals surface area contributed by atoms with E-state index in [1.165, 1.54) is 38.5 Å². The predicted molar refractivity (Wildman–Crippen MR) is 147 cm³/mol. The van der Waals surface area contributed by atoms with Crippen LogP contribution in [-0.4, -0.2) is 50.3 Å². The number of para-hydroxylation sites is 1. The second kappa shape index (κ2) is 10.3. The number of nitrogens with zero attached hydrogens (tertiary/aromatic N) is 5. The smallest absolute Gasteiger partial charge is 0.253 e. The number of aromatic amines is 1. The second-order valence-electron chi connectivity index (χ2n) is 11.2. The van der Waals surface area contributed by atoms with Gasteiger partial charge in [0.05, 0.1) is 19.2 Å². The lowest BCUT2D eigenvalue weighted by atomic mass is 9.69. The summed E-state index contributed by atoms with van der Waals surface area (Å²) in [6, 6.07) is 15.8. The van der Waals surface area contributed by atoms with Gasteiger partial charge < -0.3 is 9.72 Å². The fourth-order valence-corrected chi connectivity index (χ4v) is 6.70. The van der Waals surface area contributed by atoms with Gasteiger partial charge in [-0.25, -0.2) is 4.68 Å². The number of hydrogen-bond donors (Lipinski definition) is 1. The minimum Gasteiger partial charge on any atom is -0.497 e. The quantitative estimate of drug-likeness (QED) is 0.390. The van der Waals surface area contributed by atoms with Crippen molar-refractivity contribution in [3.05, 3.63) is 81.4 Å². The number of hydrogen-bond acceptors (Lipinski definition) is 6. The molecule has 3 heterocycles. The zero-order chi connectivity index (χ0) is 26.1. The van der Waals surface area contributed by atoms with Gasteiger partial charge in [-0.2, -0.15) is 0 Å². The molecular formula is C30H36N6O2. The van der Waals surface area contributed by atoms with Crippen LogP contribution in [0.3, 0.4) is 0 Å². The van der Waals surface area contributed by atoms with Gasteiger partial charge in [0, 0.05) is 12.1 Å². The molecule has 8 nitrogen and oxygen atoms in total. The molecule has 1 N–H and O–H groups in total. The molecule has 1 aliphatic carbocycles. The molecular weight excluding hydrogens is 476 g/mol. The maximum Gasteiger partial charge on any atom is 0.253 e. The molecule has 2 aliphatic rings. The molecule has 8 heteroatoms. The van der Waals surface area contributed by atoms with Crippen molar-refractivity contribution in [2.45, 2.75) is 64.5 Å². The SMILES string of the molecule is COc1ccc(Cn2nnnc2[C@@H](c2cc3cccc(C)c3[nH]c2=O)N2CCCC3(CCCCC3)C2)cc1. The number of rotatable bonds is 6. The first-order valence-electron chi connectivity index (χ1n) is 13.8. The standard InChI is InChI=1S/C30H36N6O2/c1-21-8-6-9-23-18-25(29(37)31-26(21)23)27(35-17-7-16-30(20-35)14-4-3-5-15-30)28-32-33-34-36(28)19-22-10-12-24(38-2)13-11-22/h6,8-13,18,27H,3-5,7,14-17,19-20H2,1-2H3,(H,31,37)/t27-/m1/s1. The molecule has 1 atom stereocenters. The Labute approximate surface area is 223 Å². The summed E-state index contributed by atoms with van der Waals surface area (Å²) in [5, 5.41) is 14.1. The Balaban J connectivity index is 1.44. The van der Waals surface area contributed by atoms with Gasteiger partial charge in [-0.05, 0) is 89.7 Å². The third-order valence-corrected chi connectivity index (χ3v) is 8.68. The fourth-order valence-electron chi connectivity index (χ4n) is 6.70. The molecule has 0 bridgehead atoms. The summed E-state index contributed by atoms with van der Waals surface area (Å²) < 4.78 is 7.18. The van der Waals surface area contributed by atoms with Crippen LogP contribution in [0.2, 0.25) is 0 Å². The highest BCUT2D eigenvalue weighted by molar-refractivity contribution is 5.82. The summed E-state index contributed by atoms with van der Waals surface area (Å²) >= 11 is 0. The van der Waals surface area contributed by atoms with E-state index in [9.17, 15) is 4.79 Å². The summed E-state index contributed by atoms with van der Waals surface area (Å²) in [6.07, 6.45) is 8.84. The predicted octanol–water partition coefficient (Wildman–Crippen LogP) is 5.02. The van der Waals surface area contributed by atoms with Crippen LogP contribution >= 0.6 is 0 Å². The number of ether oxygens (including phenoxy) is 1. The number of pyridine rings is 1. The number of aryl methyl sites for hydroxylation is 1. The Morgan fingerprint density at radius 3 is 2.63 bits per heavy atom. The summed E-state index contributed by atoms with van der Waals surface area (Å²) in [4.78, 5) is 19.4. The monoisotopic (exact) mass is 512 g/mol. The van der Waals surface area contributed by atoms with Crippen LogP contribution in [0.25, 0.3) is 10.9 Å². The van der Waals surface area contributed by atoms with Gasteiger partial charge in [0.25, 0.3) is 5.56 Å². The molecule has 0 radical (unpaired) electrons. The lowest BCUT2D eigenvalue weighted by molar-refractivity contribution is 0.0340. The molecule has 2 aromatic carbocycles. The number of aromatic nitrogens is 5. The van der Waals surface area contributed by atoms with Gasteiger partial charge in [0.15, 0.2) is 5.82 Å². The maximum atomic E-state index is 13.7. The zero-order valence-electron chi connectivity index (χ0n) is 22.3. The van der Waals surface area contributed by atoms with Gasteiger partial charge in [-0.1, -0.05) is 49.6 Å². The van der Waals surface area contributed by atoms with Crippen molar-refractivity contribution in [3.63, 3.8) is 0 Å². The van der Waals surface area contributed by atoms with Gasteiger partial charge in [0.1, 0.15) is 11.8 Å². The average Bonchev–Trinajstić information content (AvgIpc) is 3.38. The topological polar surface area (TPSA) is 88.9 Å². The normalized spacial score (nSPS) is 18.6. The molecule has 2 fully saturated rings. The lowest BCUT2D eigenvalue weighted by Gasteiger charge is -2.47. The molecule has 1 saturated carbocycles. The summed E-state index contributed by atoms with van der Waals surface area (Å²) in [7, 11) is 1.67. The van der Waals surface area contributed by atoms with Gasteiger partial charge in [-0.3, -0.25) is 9.69 Å². The Kier molecular flexibility index (Phi) is 6.74. The van der Waals surface area contributed by atoms with E-state index in [1.54, 1.807) is 7.11 Å². The molecule has 1 spiro atoms. The number of fused-ring (bicyclic) bond motifs is 1. The van der Waals surface area contributed by atoms with Crippen molar-refractivity contribution < 1.29 is 4.74 Å². The fraction of sp³-hybridized carbons (Fsp3) is 0.467. The van der Waals surface area contributed by atoms with Crippen molar-refractivity contribution >= 4 is 10.9 Å². The van der Waals surface area contributed by atoms with Crippen molar-refractivity contribution in [1.82, 2.24) is 30.1 Å². The van der Waals surface area contributed by atoms with Crippen LogP contribution in [0.15, 0.2) is 53.3 Å². The number of piperidine rings is 1. The van der Waals surface area contributed by atoms with E-state index in [-0.39, 0.29) is 11.6 Å². The number of nitrogens with one attached hydrogen (secondary N) is 1. The van der Waals surface area contributed by atoms with Crippen LogP contribution < -0.4 is 10.3 Å². The van der Waals surface area contributed by atoms with E-state index in [0.717, 1.165) is 47.3 Å². The highest BCUT2D eigenvalue weighted by atomic mass is 16.5. The number of tetrazole rings is 1. The highest BCUT2D eigenvalue weighted by Crippen LogP contribution is 2.45. The zero-order valence-corrected chi connectivity index (χ0v) is 22.3. The number of methoxy groups -OCH3 is 1. The van der Waals surface area contributed by atoms with Gasteiger partial charge in [-0.15, -0.1) is 5.10 Å². The van der Waals surface area contributed by atoms with Crippen molar-refractivity contribution in [2.24, 2.45) is 5.41 Å². The molecule has 1 saturated heterocycles. The maximum absolute atomic E-state index is 13.7. The van der Waals surface area contributed by atoms with E-state index >= 15 is 0 Å². The van der Waals surface area contributed by atoms with E-state index in [4.69, 9.17) is 4.74 Å². The Morgan fingerprint density at radius 1 is 1.05 bits per heavy atom. The molecule has 0 amide bonds. The first-order chi connectivity index (χ1) is 18.5. The molecule has 1 aliphatic heterocycles. The highest BCUT2D eigenvalue weighted by Gasteiger charge is 2.41. The summed E-state index contributed by atoms with van der Waals surface area (Å²) in [5.41, 5.74) is 3.99. The Morgan fingerprint density at radius 2 is 1.84 bits per heavy atom. The summed E-state index contributed by atoms with van der Waals surface area (Å²) in [5.74, 6) is 1.53. The van der Waals surface area contributed by atoms with Crippen molar-refractivity contribution in [1.29, 1.82) is 0 Å². The van der Waals surface area contributed by atoms with E-state index in [2.05, 4.69) is 37.5 Å². The second-order valence-corrected chi connectivity index (χ2v) is 11.2.